The minimum atomic E-state index is -1.17. The van der Waals surface area contributed by atoms with Crippen molar-refractivity contribution in [2.75, 3.05) is 6.54 Å². The normalized spacial score (nSPS) is 16.4. The number of nitrogens with zero attached hydrogens (tertiary/aromatic N) is 1. The van der Waals surface area contributed by atoms with Crippen LogP contribution in [0.2, 0.25) is 0 Å². The molecular weight excluding hydrogens is 568 g/mol. The van der Waals surface area contributed by atoms with Crippen LogP contribution in [0, 0.1) is 0 Å². The number of likely N-dealkylation sites (tertiary alicyclic amines) is 1. The summed E-state index contributed by atoms with van der Waals surface area (Å²) in [5, 5.41) is 26.1. The smallest absolute Gasteiger partial charge is 0.326 e. The fourth-order valence-corrected chi connectivity index (χ4v) is 5.27. The maximum Gasteiger partial charge on any atom is 0.326 e. The number of amides is 4. The van der Waals surface area contributed by atoms with Crippen molar-refractivity contribution in [3.05, 3.63) is 35.9 Å². The summed E-state index contributed by atoms with van der Waals surface area (Å²) < 4.78 is 0. The van der Waals surface area contributed by atoms with E-state index in [0.717, 1.165) is 44.1 Å². The Morgan fingerprint density at radius 1 is 0.795 bits per heavy atom. The highest BCUT2D eigenvalue weighted by molar-refractivity contribution is 5.95. The van der Waals surface area contributed by atoms with E-state index in [9.17, 15) is 33.9 Å². The molecule has 1 aromatic rings. The average molecular weight is 617 g/mol. The van der Waals surface area contributed by atoms with Gasteiger partial charge in [-0.2, -0.15) is 0 Å². The van der Waals surface area contributed by atoms with Crippen molar-refractivity contribution in [1.82, 2.24) is 20.9 Å². The number of hydrogen-bond acceptors (Lipinski definition) is 6. The Morgan fingerprint density at radius 3 is 1.98 bits per heavy atom. The second-order valence-corrected chi connectivity index (χ2v) is 11.5. The molecule has 2 rings (SSSR count). The predicted molar refractivity (Wildman–Crippen MR) is 163 cm³/mol. The predicted octanol–water partition coefficient (Wildman–Crippen LogP) is 2.78. The Kier molecular flexibility index (Phi) is 15.9. The molecule has 1 heterocycles. The van der Waals surface area contributed by atoms with E-state index in [1.54, 1.807) is 31.2 Å². The molecule has 1 fully saturated rings. The molecule has 5 N–H and O–H groups in total. The van der Waals surface area contributed by atoms with E-state index in [-0.39, 0.29) is 25.2 Å². The standard InChI is InChI=1S/C32H48N4O8/c1-22(33-27(37)18-12-7-5-3-4-6-8-13-19-28(38)39)29(40)34-23(2)31(42)36-20-14-17-26(36)30(41)35-25(32(43)44)21-24-15-10-9-11-16-24/h9-11,15-16,22-23,25-26H,3-8,12-14,17-21H2,1-2H3,(H,33,37)(H,34,40)(H,35,41)(H,38,39)(H,43,44)/t22-,23-,25-,26-/m0/s1. The summed E-state index contributed by atoms with van der Waals surface area (Å²) in [4.78, 5) is 74.9. The molecule has 4 amide bonds. The van der Waals surface area contributed by atoms with Gasteiger partial charge in [-0.3, -0.25) is 24.0 Å². The highest BCUT2D eigenvalue weighted by Crippen LogP contribution is 2.19. The fourth-order valence-electron chi connectivity index (χ4n) is 5.27. The zero-order valence-corrected chi connectivity index (χ0v) is 25.9. The van der Waals surface area contributed by atoms with Crippen LogP contribution in [0.4, 0.5) is 0 Å². The number of rotatable bonds is 20. The molecule has 1 saturated heterocycles. The van der Waals surface area contributed by atoms with Crippen LogP contribution in [0.1, 0.15) is 96.5 Å². The number of carboxylic acids is 2. The van der Waals surface area contributed by atoms with Gasteiger partial charge in [-0.05, 0) is 45.1 Å². The van der Waals surface area contributed by atoms with Crippen LogP contribution >= 0.6 is 0 Å². The van der Waals surface area contributed by atoms with Gasteiger partial charge in [-0.25, -0.2) is 4.79 Å². The number of aliphatic carboxylic acids is 2. The van der Waals surface area contributed by atoms with E-state index < -0.39 is 53.8 Å². The van der Waals surface area contributed by atoms with Gasteiger partial charge in [0.25, 0.3) is 0 Å². The number of carboxylic acid groups (broad SMARTS) is 2. The molecule has 1 aliphatic rings. The SMILES string of the molecule is C[C@H](NC(=O)CCCCCCCCCCC(=O)O)C(=O)N[C@@H](C)C(=O)N1CCC[C@H]1C(=O)N[C@@H](Cc1ccccc1)C(=O)O. The monoisotopic (exact) mass is 616 g/mol. The summed E-state index contributed by atoms with van der Waals surface area (Å²) in [5.41, 5.74) is 0.760. The van der Waals surface area contributed by atoms with Crippen LogP contribution in [0.3, 0.4) is 0 Å². The van der Waals surface area contributed by atoms with Crippen molar-refractivity contribution >= 4 is 35.6 Å². The Balaban J connectivity index is 1.72. The molecule has 12 heteroatoms. The first-order valence-electron chi connectivity index (χ1n) is 15.7. The van der Waals surface area contributed by atoms with Gasteiger partial charge < -0.3 is 31.1 Å². The van der Waals surface area contributed by atoms with Gasteiger partial charge in [0.05, 0.1) is 0 Å². The Labute approximate surface area is 259 Å². The zero-order valence-electron chi connectivity index (χ0n) is 25.9. The third-order valence-corrected chi connectivity index (χ3v) is 7.78. The zero-order chi connectivity index (χ0) is 32.5. The number of hydrogen-bond donors (Lipinski definition) is 5. The average Bonchev–Trinajstić information content (AvgIpc) is 3.47. The molecule has 1 aliphatic heterocycles. The molecule has 0 aromatic heterocycles. The molecule has 0 radical (unpaired) electrons. The number of nitrogens with one attached hydrogen (secondary N) is 3. The maximum absolute atomic E-state index is 13.2. The summed E-state index contributed by atoms with van der Waals surface area (Å²) in [6.07, 6.45) is 8.83. The summed E-state index contributed by atoms with van der Waals surface area (Å²) in [5.74, 6) is -3.70. The lowest BCUT2D eigenvalue weighted by Gasteiger charge is -2.28. The molecule has 0 spiro atoms. The topological polar surface area (TPSA) is 182 Å². The summed E-state index contributed by atoms with van der Waals surface area (Å²) in [6.45, 7) is 3.37. The van der Waals surface area contributed by atoms with E-state index in [0.29, 0.717) is 32.2 Å². The van der Waals surface area contributed by atoms with Crippen molar-refractivity contribution in [3.8, 4) is 0 Å². The van der Waals surface area contributed by atoms with Gasteiger partial charge in [0.1, 0.15) is 24.2 Å². The largest absolute Gasteiger partial charge is 0.481 e. The molecule has 244 valence electrons. The molecular formula is C32H48N4O8. The van der Waals surface area contributed by atoms with Crippen LogP contribution < -0.4 is 16.0 Å². The third-order valence-electron chi connectivity index (χ3n) is 7.78. The molecule has 12 nitrogen and oxygen atoms in total. The van der Waals surface area contributed by atoms with Crippen molar-refractivity contribution < 1.29 is 39.0 Å². The van der Waals surface area contributed by atoms with Crippen molar-refractivity contribution in [1.29, 1.82) is 0 Å². The minimum absolute atomic E-state index is 0.107. The molecule has 1 aromatic carbocycles. The second-order valence-electron chi connectivity index (χ2n) is 11.5. The number of benzene rings is 1. The van der Waals surface area contributed by atoms with Crippen molar-refractivity contribution in [2.24, 2.45) is 0 Å². The second kappa shape index (κ2) is 19.3. The van der Waals surface area contributed by atoms with Gasteiger partial charge in [0.15, 0.2) is 0 Å². The van der Waals surface area contributed by atoms with Crippen molar-refractivity contribution in [2.45, 2.75) is 121 Å². The highest BCUT2D eigenvalue weighted by atomic mass is 16.4. The van der Waals surface area contributed by atoms with Gasteiger partial charge in [-0.15, -0.1) is 0 Å². The fraction of sp³-hybridized carbons (Fsp3) is 0.625. The third kappa shape index (κ3) is 13.1. The van der Waals surface area contributed by atoms with Gasteiger partial charge >= 0.3 is 11.9 Å². The van der Waals surface area contributed by atoms with Crippen LogP contribution in [-0.2, 0) is 35.2 Å². The van der Waals surface area contributed by atoms with E-state index in [2.05, 4.69) is 16.0 Å². The minimum Gasteiger partial charge on any atom is -0.481 e. The Hall–Kier alpha value is -3.96. The number of carbonyl (C=O) groups is 6. The number of unbranched alkanes of at least 4 members (excludes halogenated alkanes) is 7. The van der Waals surface area contributed by atoms with Crippen LogP contribution in [0.15, 0.2) is 30.3 Å². The van der Waals surface area contributed by atoms with E-state index in [1.165, 1.54) is 11.8 Å². The first kappa shape index (κ1) is 36.2. The Bertz CT molecular complexity index is 1110. The highest BCUT2D eigenvalue weighted by Gasteiger charge is 2.38. The molecule has 0 bridgehead atoms. The quantitative estimate of drug-likeness (QED) is 0.139. The Morgan fingerprint density at radius 2 is 1.39 bits per heavy atom. The summed E-state index contributed by atoms with van der Waals surface area (Å²) >= 11 is 0. The summed E-state index contributed by atoms with van der Waals surface area (Å²) in [6, 6.07) is 5.17. The van der Waals surface area contributed by atoms with Crippen LogP contribution in [0.5, 0.6) is 0 Å². The summed E-state index contributed by atoms with van der Waals surface area (Å²) in [7, 11) is 0. The molecule has 44 heavy (non-hydrogen) atoms. The lowest BCUT2D eigenvalue weighted by Crippen LogP contribution is -2.56. The first-order chi connectivity index (χ1) is 21.0. The first-order valence-corrected chi connectivity index (χ1v) is 15.7. The molecule has 0 unspecified atom stereocenters. The number of carbonyl (C=O) groups excluding carboxylic acids is 4. The van der Waals surface area contributed by atoms with Crippen LogP contribution in [-0.4, -0.2) is 81.4 Å². The van der Waals surface area contributed by atoms with E-state index in [1.807, 2.05) is 6.07 Å². The van der Waals surface area contributed by atoms with Crippen molar-refractivity contribution in [3.63, 3.8) is 0 Å². The molecule has 0 aliphatic carbocycles. The lowest BCUT2D eigenvalue weighted by molar-refractivity contribution is -0.144. The van der Waals surface area contributed by atoms with Gasteiger partial charge in [-0.1, -0.05) is 68.9 Å². The van der Waals surface area contributed by atoms with Crippen LogP contribution in [0.25, 0.3) is 0 Å². The van der Waals surface area contributed by atoms with E-state index >= 15 is 0 Å². The molecule has 0 saturated carbocycles. The molecule has 4 atom stereocenters. The van der Waals surface area contributed by atoms with E-state index in [4.69, 9.17) is 5.11 Å². The lowest BCUT2D eigenvalue weighted by atomic mass is 10.1. The maximum atomic E-state index is 13.2. The van der Waals surface area contributed by atoms with Gasteiger partial charge in [0.2, 0.25) is 23.6 Å². The van der Waals surface area contributed by atoms with Gasteiger partial charge in [0, 0.05) is 25.8 Å².